The van der Waals surface area contributed by atoms with Crippen molar-refractivity contribution in [1.82, 2.24) is 4.98 Å². The molecule has 0 amide bonds. The van der Waals surface area contributed by atoms with Gasteiger partial charge in [0.05, 0.1) is 6.04 Å². The molecular formula is C24H22N2O. The molecule has 1 heterocycles. The number of aromatic hydroxyl groups is 1. The van der Waals surface area contributed by atoms with Crippen molar-refractivity contribution in [2.45, 2.75) is 19.9 Å². The summed E-state index contributed by atoms with van der Waals surface area (Å²) in [6, 6.07) is 24.1. The molecule has 27 heavy (non-hydrogen) atoms. The summed E-state index contributed by atoms with van der Waals surface area (Å²) in [6.07, 6.45) is 1.71. The van der Waals surface area contributed by atoms with Crippen LogP contribution in [0.5, 0.6) is 5.75 Å². The molecule has 3 nitrogen and oxygen atoms in total. The van der Waals surface area contributed by atoms with Crippen molar-refractivity contribution in [2.75, 3.05) is 5.32 Å². The Morgan fingerprint density at radius 1 is 0.852 bits per heavy atom. The molecule has 4 rings (SSSR count). The standard InChI is InChI=1S/C24H22N2O/c1-16-8-6-12-21(17(16)2)26-22(18-9-4-3-5-10-18)20-14-13-19-11-7-15-25-23(19)24(20)27/h3-15,22,26-27H,1-2H3. The molecule has 0 aliphatic rings. The quantitative estimate of drug-likeness (QED) is 0.490. The van der Waals surface area contributed by atoms with Gasteiger partial charge in [-0.25, -0.2) is 0 Å². The van der Waals surface area contributed by atoms with Gasteiger partial charge in [-0.2, -0.15) is 0 Å². The number of nitrogens with zero attached hydrogens (tertiary/aromatic N) is 1. The van der Waals surface area contributed by atoms with Crippen LogP contribution < -0.4 is 5.32 Å². The molecule has 3 heteroatoms. The first-order chi connectivity index (χ1) is 13.1. The van der Waals surface area contributed by atoms with Gasteiger partial charge in [0.25, 0.3) is 0 Å². The number of aryl methyl sites for hydroxylation is 1. The number of phenolic OH excluding ortho intramolecular Hbond substituents is 1. The first-order valence-electron chi connectivity index (χ1n) is 9.09. The molecule has 0 aliphatic carbocycles. The third-order valence-electron chi connectivity index (χ3n) is 5.13. The molecule has 1 unspecified atom stereocenters. The van der Waals surface area contributed by atoms with Crippen molar-refractivity contribution in [2.24, 2.45) is 0 Å². The van der Waals surface area contributed by atoms with Gasteiger partial charge in [0.2, 0.25) is 0 Å². The Bertz CT molecular complexity index is 1090. The molecular weight excluding hydrogens is 332 g/mol. The number of nitrogens with one attached hydrogen (secondary N) is 1. The van der Waals surface area contributed by atoms with Crippen molar-refractivity contribution < 1.29 is 5.11 Å². The average Bonchev–Trinajstić information content (AvgIpc) is 2.71. The topological polar surface area (TPSA) is 45.2 Å². The fraction of sp³-hybridized carbons (Fsp3) is 0.125. The van der Waals surface area contributed by atoms with Crippen LogP contribution in [0, 0.1) is 13.8 Å². The van der Waals surface area contributed by atoms with Crippen LogP contribution in [0.4, 0.5) is 5.69 Å². The Morgan fingerprint density at radius 2 is 1.67 bits per heavy atom. The number of rotatable bonds is 4. The van der Waals surface area contributed by atoms with Crippen molar-refractivity contribution in [3.05, 3.63) is 101 Å². The fourth-order valence-electron chi connectivity index (χ4n) is 3.43. The SMILES string of the molecule is Cc1cccc(NC(c2ccccc2)c2ccc3cccnc3c2O)c1C. The number of benzene rings is 3. The fourth-order valence-corrected chi connectivity index (χ4v) is 3.43. The Labute approximate surface area is 159 Å². The summed E-state index contributed by atoms with van der Waals surface area (Å²) in [7, 11) is 0. The first kappa shape index (κ1) is 17.1. The van der Waals surface area contributed by atoms with Crippen molar-refractivity contribution in [1.29, 1.82) is 0 Å². The molecule has 0 radical (unpaired) electrons. The number of anilines is 1. The zero-order valence-corrected chi connectivity index (χ0v) is 15.5. The van der Waals surface area contributed by atoms with Crippen LogP contribution in [0.1, 0.15) is 28.3 Å². The molecule has 0 bridgehead atoms. The summed E-state index contributed by atoms with van der Waals surface area (Å²) < 4.78 is 0. The van der Waals surface area contributed by atoms with Crippen LogP contribution in [-0.4, -0.2) is 10.1 Å². The highest BCUT2D eigenvalue weighted by Gasteiger charge is 2.20. The highest BCUT2D eigenvalue weighted by molar-refractivity contribution is 5.86. The molecule has 3 aromatic carbocycles. The van der Waals surface area contributed by atoms with E-state index in [4.69, 9.17) is 0 Å². The maximum Gasteiger partial charge on any atom is 0.147 e. The maximum atomic E-state index is 11.0. The zero-order chi connectivity index (χ0) is 18.8. The minimum atomic E-state index is -0.182. The van der Waals surface area contributed by atoms with Gasteiger partial charge in [0.1, 0.15) is 11.3 Å². The monoisotopic (exact) mass is 354 g/mol. The highest BCUT2D eigenvalue weighted by atomic mass is 16.3. The average molecular weight is 354 g/mol. The molecule has 0 aliphatic heterocycles. The Morgan fingerprint density at radius 3 is 2.48 bits per heavy atom. The van der Waals surface area contributed by atoms with Crippen LogP contribution >= 0.6 is 0 Å². The van der Waals surface area contributed by atoms with Crippen molar-refractivity contribution in [3.8, 4) is 5.75 Å². The zero-order valence-electron chi connectivity index (χ0n) is 15.5. The van der Waals surface area contributed by atoms with E-state index in [1.54, 1.807) is 6.20 Å². The van der Waals surface area contributed by atoms with Gasteiger partial charge in [-0.05, 0) is 42.7 Å². The molecule has 1 aromatic heterocycles. The highest BCUT2D eigenvalue weighted by Crippen LogP contribution is 2.37. The lowest BCUT2D eigenvalue weighted by Crippen LogP contribution is -2.14. The molecule has 2 N–H and O–H groups in total. The second-order valence-electron chi connectivity index (χ2n) is 6.81. The maximum absolute atomic E-state index is 11.0. The summed E-state index contributed by atoms with van der Waals surface area (Å²) in [6.45, 7) is 4.22. The molecule has 0 saturated heterocycles. The van der Waals surface area contributed by atoms with E-state index in [9.17, 15) is 5.11 Å². The third-order valence-corrected chi connectivity index (χ3v) is 5.13. The van der Waals surface area contributed by atoms with Gasteiger partial charge in [-0.15, -0.1) is 0 Å². The first-order valence-corrected chi connectivity index (χ1v) is 9.09. The molecule has 134 valence electrons. The number of phenols is 1. The minimum Gasteiger partial charge on any atom is -0.505 e. The Balaban J connectivity index is 1.86. The molecule has 0 fully saturated rings. The van der Waals surface area contributed by atoms with E-state index < -0.39 is 0 Å². The van der Waals surface area contributed by atoms with Gasteiger partial charge >= 0.3 is 0 Å². The number of pyridine rings is 1. The lowest BCUT2D eigenvalue weighted by Gasteiger charge is -2.24. The van der Waals surface area contributed by atoms with Gasteiger partial charge in [0.15, 0.2) is 0 Å². The number of hydrogen-bond acceptors (Lipinski definition) is 3. The Kier molecular flexibility index (Phi) is 4.51. The van der Waals surface area contributed by atoms with E-state index in [-0.39, 0.29) is 11.8 Å². The second-order valence-corrected chi connectivity index (χ2v) is 6.81. The summed E-state index contributed by atoms with van der Waals surface area (Å²) in [5.41, 5.74) is 6.02. The minimum absolute atomic E-state index is 0.182. The van der Waals surface area contributed by atoms with Gasteiger partial charge in [-0.1, -0.05) is 60.7 Å². The van der Waals surface area contributed by atoms with Crippen LogP contribution in [-0.2, 0) is 0 Å². The number of aromatic nitrogens is 1. The summed E-state index contributed by atoms with van der Waals surface area (Å²) in [5, 5.41) is 15.5. The Hall–Kier alpha value is -3.33. The van der Waals surface area contributed by atoms with E-state index >= 15 is 0 Å². The predicted molar refractivity (Wildman–Crippen MR) is 111 cm³/mol. The molecule has 4 aromatic rings. The van der Waals surface area contributed by atoms with Crippen molar-refractivity contribution in [3.63, 3.8) is 0 Å². The number of hydrogen-bond donors (Lipinski definition) is 2. The van der Waals surface area contributed by atoms with Gasteiger partial charge < -0.3 is 10.4 Å². The number of fused-ring (bicyclic) bond motifs is 1. The third kappa shape index (κ3) is 3.24. The van der Waals surface area contributed by atoms with E-state index in [1.165, 1.54) is 11.1 Å². The molecule has 0 saturated carbocycles. The van der Waals surface area contributed by atoms with E-state index in [2.05, 4.69) is 54.5 Å². The van der Waals surface area contributed by atoms with Gasteiger partial charge in [0, 0.05) is 22.8 Å². The van der Waals surface area contributed by atoms with Crippen LogP contribution in [0.25, 0.3) is 10.9 Å². The normalized spacial score (nSPS) is 12.1. The summed E-state index contributed by atoms with van der Waals surface area (Å²) >= 11 is 0. The summed E-state index contributed by atoms with van der Waals surface area (Å²) in [5.74, 6) is 0.222. The lowest BCUT2D eigenvalue weighted by molar-refractivity contribution is 0.472. The smallest absolute Gasteiger partial charge is 0.147 e. The largest absolute Gasteiger partial charge is 0.505 e. The van der Waals surface area contributed by atoms with Gasteiger partial charge in [-0.3, -0.25) is 4.98 Å². The summed E-state index contributed by atoms with van der Waals surface area (Å²) in [4.78, 5) is 4.38. The van der Waals surface area contributed by atoms with Crippen LogP contribution in [0.3, 0.4) is 0 Å². The van der Waals surface area contributed by atoms with E-state index in [0.717, 1.165) is 22.2 Å². The van der Waals surface area contributed by atoms with Crippen LogP contribution in [0.15, 0.2) is 79.0 Å². The van der Waals surface area contributed by atoms with Crippen molar-refractivity contribution >= 4 is 16.6 Å². The molecule has 1 atom stereocenters. The second kappa shape index (κ2) is 7.12. The molecule has 0 spiro atoms. The predicted octanol–water partition coefficient (Wildman–Crippen LogP) is 5.76. The lowest BCUT2D eigenvalue weighted by atomic mass is 9.95. The van der Waals surface area contributed by atoms with E-state index in [1.807, 2.05) is 42.5 Å². The van der Waals surface area contributed by atoms with Crippen LogP contribution in [0.2, 0.25) is 0 Å². The van der Waals surface area contributed by atoms with E-state index in [0.29, 0.717) is 5.52 Å².